The highest BCUT2D eigenvalue weighted by molar-refractivity contribution is 9.11. The number of rotatable bonds is 3. The molecule has 0 radical (unpaired) electrons. The molecule has 0 saturated heterocycles. The highest BCUT2D eigenvalue weighted by Crippen LogP contribution is 2.29. The zero-order chi connectivity index (χ0) is 10.6. The molecule has 0 fully saturated rings. The monoisotopic (exact) mass is 316 g/mol. The van der Waals surface area contributed by atoms with E-state index in [0.29, 0.717) is 0 Å². The summed E-state index contributed by atoms with van der Waals surface area (Å²) >= 11 is 6.78. The van der Waals surface area contributed by atoms with Gasteiger partial charge in [-0.15, -0.1) is 6.42 Å². The number of halogens is 2. The summed E-state index contributed by atoms with van der Waals surface area (Å²) in [6.45, 7) is 2.00. The zero-order valence-electron chi connectivity index (χ0n) is 7.76. The number of hydrogen-bond acceptors (Lipinski definition) is 1. The Labute approximate surface area is 101 Å². The fraction of sp³-hybridized carbons (Fsp3) is 0.273. The minimum Gasteiger partial charge on any atom is -0.477 e. The summed E-state index contributed by atoms with van der Waals surface area (Å²) in [5.74, 6) is 3.36. The third-order valence-corrected chi connectivity index (χ3v) is 2.83. The Bertz CT molecular complexity index is 355. The van der Waals surface area contributed by atoms with Crippen LogP contribution in [0.3, 0.4) is 0 Å². The molecule has 1 aromatic rings. The second kappa shape index (κ2) is 5.43. The lowest BCUT2D eigenvalue weighted by atomic mass is 10.3. The summed E-state index contributed by atoms with van der Waals surface area (Å²) in [5.41, 5.74) is 0. The van der Waals surface area contributed by atoms with E-state index >= 15 is 0 Å². The molecule has 0 heterocycles. The zero-order valence-corrected chi connectivity index (χ0v) is 10.9. The van der Waals surface area contributed by atoms with Crippen LogP contribution in [0.25, 0.3) is 0 Å². The predicted octanol–water partition coefficient (Wildman–Crippen LogP) is 4.00. The van der Waals surface area contributed by atoms with Gasteiger partial charge in [0.15, 0.2) is 6.10 Å². The Morgan fingerprint density at radius 3 is 2.71 bits per heavy atom. The van der Waals surface area contributed by atoms with Crippen LogP contribution < -0.4 is 4.74 Å². The fourth-order valence-corrected chi connectivity index (χ4v) is 2.10. The van der Waals surface area contributed by atoms with Crippen molar-refractivity contribution in [3.63, 3.8) is 0 Å². The lowest BCUT2D eigenvalue weighted by Gasteiger charge is -2.13. The van der Waals surface area contributed by atoms with Crippen molar-refractivity contribution in [3.05, 3.63) is 27.1 Å². The Balaban J connectivity index is 2.82. The number of benzene rings is 1. The average Bonchev–Trinajstić information content (AvgIpc) is 2.17. The van der Waals surface area contributed by atoms with Crippen LogP contribution in [0.5, 0.6) is 5.75 Å². The molecule has 0 amide bonds. The second-order valence-corrected chi connectivity index (χ2v) is 4.53. The maximum absolute atomic E-state index is 5.59. The van der Waals surface area contributed by atoms with Crippen molar-refractivity contribution in [1.82, 2.24) is 0 Å². The predicted molar refractivity (Wildman–Crippen MR) is 65.4 cm³/mol. The van der Waals surface area contributed by atoms with Gasteiger partial charge in [0.05, 0.1) is 4.47 Å². The first-order valence-electron chi connectivity index (χ1n) is 4.25. The van der Waals surface area contributed by atoms with E-state index in [1.54, 1.807) is 0 Å². The standard InChI is InChI=1S/C11H10Br2O/c1-3-9(4-2)14-11-6-5-8(12)7-10(11)13/h1,5-7,9H,4H2,2H3. The van der Waals surface area contributed by atoms with Crippen molar-refractivity contribution >= 4 is 31.9 Å². The number of terminal acetylenes is 1. The van der Waals surface area contributed by atoms with E-state index in [1.807, 2.05) is 25.1 Å². The molecule has 0 aromatic heterocycles. The van der Waals surface area contributed by atoms with Crippen molar-refractivity contribution in [2.45, 2.75) is 19.4 Å². The van der Waals surface area contributed by atoms with Gasteiger partial charge >= 0.3 is 0 Å². The molecule has 0 aliphatic carbocycles. The molecule has 3 heteroatoms. The SMILES string of the molecule is C#CC(CC)Oc1ccc(Br)cc1Br. The van der Waals surface area contributed by atoms with E-state index in [1.165, 1.54) is 0 Å². The van der Waals surface area contributed by atoms with Crippen LogP contribution in [-0.2, 0) is 0 Å². The summed E-state index contributed by atoms with van der Waals surface area (Å²) in [4.78, 5) is 0. The highest BCUT2D eigenvalue weighted by Gasteiger charge is 2.07. The van der Waals surface area contributed by atoms with E-state index in [2.05, 4.69) is 37.8 Å². The lowest BCUT2D eigenvalue weighted by molar-refractivity contribution is 0.253. The van der Waals surface area contributed by atoms with Crippen LogP contribution in [0.15, 0.2) is 27.1 Å². The van der Waals surface area contributed by atoms with Gasteiger partial charge in [0.1, 0.15) is 5.75 Å². The summed E-state index contributed by atoms with van der Waals surface area (Å²) in [6.07, 6.45) is 5.96. The van der Waals surface area contributed by atoms with Crippen molar-refractivity contribution in [2.75, 3.05) is 0 Å². The maximum atomic E-state index is 5.59. The summed E-state index contributed by atoms with van der Waals surface area (Å²) in [6, 6.07) is 5.73. The largest absolute Gasteiger partial charge is 0.477 e. The number of ether oxygens (including phenoxy) is 1. The molecule has 1 rings (SSSR count). The molecular weight excluding hydrogens is 308 g/mol. The minimum absolute atomic E-state index is 0.160. The van der Waals surface area contributed by atoms with Gasteiger partial charge in [-0.2, -0.15) is 0 Å². The Kier molecular flexibility index (Phi) is 4.50. The van der Waals surface area contributed by atoms with Crippen LogP contribution >= 0.6 is 31.9 Å². The molecular formula is C11H10Br2O. The second-order valence-electron chi connectivity index (χ2n) is 2.76. The number of hydrogen-bond donors (Lipinski definition) is 0. The molecule has 1 atom stereocenters. The first kappa shape index (κ1) is 11.6. The minimum atomic E-state index is -0.160. The van der Waals surface area contributed by atoms with Crippen molar-refractivity contribution < 1.29 is 4.74 Å². The summed E-state index contributed by atoms with van der Waals surface area (Å²) in [7, 11) is 0. The van der Waals surface area contributed by atoms with Gasteiger partial charge in [0, 0.05) is 4.47 Å². The van der Waals surface area contributed by atoms with Crippen LogP contribution in [0.1, 0.15) is 13.3 Å². The van der Waals surface area contributed by atoms with Gasteiger partial charge in [0.25, 0.3) is 0 Å². The van der Waals surface area contributed by atoms with Crippen molar-refractivity contribution in [3.8, 4) is 18.1 Å². The Hall–Kier alpha value is -0.460. The van der Waals surface area contributed by atoms with Crippen LogP contribution in [0, 0.1) is 12.3 Å². The third kappa shape index (κ3) is 3.04. The molecule has 0 aliphatic rings. The smallest absolute Gasteiger partial charge is 0.158 e. The van der Waals surface area contributed by atoms with Gasteiger partial charge in [0.2, 0.25) is 0 Å². The molecule has 0 aliphatic heterocycles. The molecule has 0 spiro atoms. The van der Waals surface area contributed by atoms with Gasteiger partial charge in [-0.3, -0.25) is 0 Å². The molecule has 0 saturated carbocycles. The van der Waals surface area contributed by atoms with Gasteiger partial charge in [-0.25, -0.2) is 0 Å². The third-order valence-electron chi connectivity index (χ3n) is 1.72. The molecule has 14 heavy (non-hydrogen) atoms. The maximum Gasteiger partial charge on any atom is 0.158 e. The average molecular weight is 318 g/mol. The topological polar surface area (TPSA) is 9.23 Å². The highest BCUT2D eigenvalue weighted by atomic mass is 79.9. The summed E-state index contributed by atoms with van der Waals surface area (Å²) in [5, 5.41) is 0. The van der Waals surface area contributed by atoms with Gasteiger partial charge in [-0.05, 0) is 40.5 Å². The van der Waals surface area contributed by atoms with E-state index in [-0.39, 0.29) is 6.10 Å². The van der Waals surface area contributed by atoms with Gasteiger partial charge < -0.3 is 4.74 Å². The normalized spacial score (nSPS) is 11.9. The first-order valence-corrected chi connectivity index (χ1v) is 5.83. The van der Waals surface area contributed by atoms with Crippen molar-refractivity contribution in [2.24, 2.45) is 0 Å². The van der Waals surface area contributed by atoms with Crippen LogP contribution in [0.4, 0.5) is 0 Å². The lowest BCUT2D eigenvalue weighted by Crippen LogP contribution is -2.12. The van der Waals surface area contributed by atoms with E-state index in [0.717, 1.165) is 21.1 Å². The quantitative estimate of drug-likeness (QED) is 0.766. The molecule has 1 aromatic carbocycles. The van der Waals surface area contributed by atoms with Crippen molar-refractivity contribution in [1.29, 1.82) is 0 Å². The molecule has 74 valence electrons. The Morgan fingerprint density at radius 2 is 2.21 bits per heavy atom. The van der Waals surface area contributed by atoms with E-state index < -0.39 is 0 Å². The molecule has 1 unspecified atom stereocenters. The molecule has 0 N–H and O–H groups in total. The van der Waals surface area contributed by atoms with E-state index in [4.69, 9.17) is 11.2 Å². The Morgan fingerprint density at radius 1 is 1.50 bits per heavy atom. The molecule has 0 bridgehead atoms. The van der Waals surface area contributed by atoms with Crippen LogP contribution in [0.2, 0.25) is 0 Å². The summed E-state index contributed by atoms with van der Waals surface area (Å²) < 4.78 is 7.50. The van der Waals surface area contributed by atoms with Gasteiger partial charge in [-0.1, -0.05) is 28.8 Å². The first-order chi connectivity index (χ1) is 6.67. The molecule has 1 nitrogen and oxygen atoms in total. The fourth-order valence-electron chi connectivity index (χ4n) is 0.959. The van der Waals surface area contributed by atoms with E-state index in [9.17, 15) is 0 Å². The van der Waals surface area contributed by atoms with Crippen LogP contribution in [-0.4, -0.2) is 6.10 Å².